The largest absolute Gasteiger partial charge is 0.492 e. The molecule has 2 aromatic rings. The first-order valence-electron chi connectivity index (χ1n) is 8.57. The zero-order chi connectivity index (χ0) is 16.6. The summed E-state index contributed by atoms with van der Waals surface area (Å²) in [5.41, 5.74) is 2.30. The smallest absolute Gasteiger partial charge is 0.119 e. The van der Waals surface area contributed by atoms with Gasteiger partial charge < -0.3 is 19.5 Å². The van der Waals surface area contributed by atoms with Gasteiger partial charge >= 0.3 is 0 Å². The van der Waals surface area contributed by atoms with E-state index in [1.54, 1.807) is 0 Å². The van der Waals surface area contributed by atoms with Crippen LogP contribution in [-0.2, 0) is 4.74 Å². The van der Waals surface area contributed by atoms with Crippen LogP contribution in [0.1, 0.15) is 18.4 Å². The molecule has 4 heteroatoms. The van der Waals surface area contributed by atoms with Crippen LogP contribution in [0.5, 0.6) is 11.5 Å². The van der Waals surface area contributed by atoms with Gasteiger partial charge in [-0.1, -0.05) is 17.7 Å². The van der Waals surface area contributed by atoms with Crippen molar-refractivity contribution >= 4 is 5.69 Å². The molecule has 1 fully saturated rings. The van der Waals surface area contributed by atoms with Crippen molar-refractivity contribution in [2.24, 2.45) is 0 Å². The summed E-state index contributed by atoms with van der Waals surface area (Å²) in [5, 5.41) is 3.35. The molecule has 1 heterocycles. The lowest BCUT2D eigenvalue weighted by atomic mass is 10.2. The zero-order valence-electron chi connectivity index (χ0n) is 14.2. The summed E-state index contributed by atoms with van der Waals surface area (Å²) in [6, 6.07) is 16.1. The zero-order valence-corrected chi connectivity index (χ0v) is 14.2. The number of anilines is 1. The Morgan fingerprint density at radius 2 is 1.71 bits per heavy atom. The van der Waals surface area contributed by atoms with Gasteiger partial charge in [0.2, 0.25) is 0 Å². The minimum Gasteiger partial charge on any atom is -0.492 e. The average molecular weight is 327 g/mol. The van der Waals surface area contributed by atoms with Crippen molar-refractivity contribution in [2.45, 2.75) is 25.9 Å². The fourth-order valence-corrected chi connectivity index (χ4v) is 2.63. The Bertz CT molecular complexity index is 604. The summed E-state index contributed by atoms with van der Waals surface area (Å²) < 4.78 is 17.0. The lowest BCUT2D eigenvalue weighted by Crippen LogP contribution is -2.16. The molecule has 24 heavy (non-hydrogen) atoms. The molecule has 0 aliphatic carbocycles. The van der Waals surface area contributed by atoms with Crippen LogP contribution in [0, 0.1) is 6.92 Å². The number of aryl methyl sites for hydroxylation is 1. The molecule has 0 radical (unpaired) electrons. The highest BCUT2D eigenvalue weighted by molar-refractivity contribution is 5.46. The van der Waals surface area contributed by atoms with Gasteiger partial charge in [0.25, 0.3) is 0 Å². The van der Waals surface area contributed by atoms with Crippen LogP contribution in [-0.4, -0.2) is 32.5 Å². The molecule has 0 bridgehead atoms. The maximum atomic E-state index is 5.76. The molecule has 3 rings (SSSR count). The van der Waals surface area contributed by atoms with E-state index < -0.39 is 0 Å². The Kier molecular flexibility index (Phi) is 5.96. The van der Waals surface area contributed by atoms with Gasteiger partial charge in [-0.25, -0.2) is 0 Å². The van der Waals surface area contributed by atoms with E-state index in [0.29, 0.717) is 13.2 Å². The van der Waals surface area contributed by atoms with Crippen molar-refractivity contribution < 1.29 is 14.2 Å². The summed E-state index contributed by atoms with van der Waals surface area (Å²) in [6.45, 7) is 4.95. The van der Waals surface area contributed by atoms with Crippen LogP contribution >= 0.6 is 0 Å². The summed E-state index contributed by atoms with van der Waals surface area (Å²) in [6.07, 6.45) is 2.49. The van der Waals surface area contributed by atoms with Gasteiger partial charge in [-0.3, -0.25) is 0 Å². The van der Waals surface area contributed by atoms with Gasteiger partial charge in [0, 0.05) is 18.8 Å². The van der Waals surface area contributed by atoms with Crippen LogP contribution in [0.4, 0.5) is 5.69 Å². The Morgan fingerprint density at radius 1 is 1.00 bits per heavy atom. The second kappa shape index (κ2) is 8.60. The maximum Gasteiger partial charge on any atom is 0.119 e. The summed E-state index contributed by atoms with van der Waals surface area (Å²) in [4.78, 5) is 0. The fourth-order valence-electron chi connectivity index (χ4n) is 2.63. The van der Waals surface area contributed by atoms with Gasteiger partial charge in [-0.15, -0.1) is 0 Å². The number of rotatable bonds is 8. The third kappa shape index (κ3) is 5.17. The Labute approximate surface area is 143 Å². The van der Waals surface area contributed by atoms with Gasteiger partial charge in [0.05, 0.1) is 6.10 Å². The molecule has 2 aromatic carbocycles. The van der Waals surface area contributed by atoms with E-state index in [0.717, 1.165) is 43.2 Å². The second-order valence-corrected chi connectivity index (χ2v) is 6.06. The van der Waals surface area contributed by atoms with Crippen molar-refractivity contribution in [3.05, 3.63) is 54.1 Å². The summed E-state index contributed by atoms with van der Waals surface area (Å²) in [5.74, 6) is 1.78. The topological polar surface area (TPSA) is 39.7 Å². The van der Waals surface area contributed by atoms with E-state index in [1.165, 1.54) is 5.56 Å². The predicted octanol–water partition coefficient (Wildman–Crippen LogP) is 4.04. The highest BCUT2D eigenvalue weighted by atomic mass is 16.5. The second-order valence-electron chi connectivity index (χ2n) is 6.06. The quantitative estimate of drug-likeness (QED) is 0.743. The van der Waals surface area contributed by atoms with E-state index in [1.807, 2.05) is 36.4 Å². The number of hydrogen-bond acceptors (Lipinski definition) is 4. The van der Waals surface area contributed by atoms with E-state index in [4.69, 9.17) is 14.2 Å². The molecule has 4 nitrogen and oxygen atoms in total. The average Bonchev–Trinajstić information content (AvgIpc) is 3.13. The lowest BCUT2D eigenvalue weighted by molar-refractivity contribution is 0.0679. The molecule has 0 amide bonds. The van der Waals surface area contributed by atoms with E-state index in [9.17, 15) is 0 Å². The Hall–Kier alpha value is -2.20. The number of benzene rings is 2. The number of nitrogens with one attached hydrogen (secondary N) is 1. The first-order valence-corrected chi connectivity index (χ1v) is 8.57. The van der Waals surface area contributed by atoms with Crippen molar-refractivity contribution in [1.29, 1.82) is 0 Å². The third-order valence-electron chi connectivity index (χ3n) is 4.04. The van der Waals surface area contributed by atoms with Crippen molar-refractivity contribution in [3.63, 3.8) is 0 Å². The third-order valence-corrected chi connectivity index (χ3v) is 4.04. The maximum absolute atomic E-state index is 5.76. The van der Waals surface area contributed by atoms with Gasteiger partial charge in [-0.2, -0.15) is 0 Å². The highest BCUT2D eigenvalue weighted by Crippen LogP contribution is 2.18. The first kappa shape index (κ1) is 16.7. The molecule has 0 saturated carbocycles. The molecule has 0 aromatic heterocycles. The Morgan fingerprint density at radius 3 is 2.42 bits per heavy atom. The van der Waals surface area contributed by atoms with Crippen molar-refractivity contribution in [2.75, 3.05) is 31.7 Å². The van der Waals surface area contributed by atoms with Crippen LogP contribution in [0.15, 0.2) is 48.5 Å². The van der Waals surface area contributed by atoms with Gasteiger partial charge in [0.15, 0.2) is 0 Å². The van der Waals surface area contributed by atoms with Crippen LogP contribution < -0.4 is 14.8 Å². The Balaban J connectivity index is 1.35. The van der Waals surface area contributed by atoms with Crippen molar-refractivity contribution in [3.8, 4) is 11.5 Å². The van der Waals surface area contributed by atoms with Crippen LogP contribution in [0.2, 0.25) is 0 Å². The predicted molar refractivity (Wildman–Crippen MR) is 96.1 cm³/mol. The minimum atomic E-state index is 0.252. The molecule has 0 spiro atoms. The molecule has 128 valence electrons. The van der Waals surface area contributed by atoms with E-state index >= 15 is 0 Å². The molecule has 1 aliphatic heterocycles. The first-order chi connectivity index (χ1) is 11.8. The summed E-state index contributed by atoms with van der Waals surface area (Å²) in [7, 11) is 0. The minimum absolute atomic E-state index is 0.252. The van der Waals surface area contributed by atoms with Crippen LogP contribution in [0.3, 0.4) is 0 Å². The molecule has 1 atom stereocenters. The number of ether oxygens (including phenoxy) is 3. The SMILES string of the molecule is Cc1ccc(OCCNc2ccc(OCC3CCCO3)cc2)cc1. The van der Waals surface area contributed by atoms with Crippen molar-refractivity contribution in [1.82, 2.24) is 0 Å². The summed E-state index contributed by atoms with van der Waals surface area (Å²) >= 11 is 0. The standard InChI is InChI=1S/C20H25NO3/c1-16-4-8-18(9-5-16)23-14-12-21-17-6-10-19(11-7-17)24-15-20-3-2-13-22-20/h4-11,20-21H,2-3,12-15H2,1H3. The molecular formula is C20H25NO3. The fraction of sp³-hybridized carbons (Fsp3) is 0.400. The van der Waals surface area contributed by atoms with Crippen LogP contribution in [0.25, 0.3) is 0 Å². The molecule has 1 aliphatic rings. The van der Waals surface area contributed by atoms with Gasteiger partial charge in [0.1, 0.15) is 24.7 Å². The number of hydrogen-bond donors (Lipinski definition) is 1. The van der Waals surface area contributed by atoms with Gasteiger partial charge in [-0.05, 0) is 56.2 Å². The lowest BCUT2D eigenvalue weighted by Gasteiger charge is -2.12. The molecule has 1 saturated heterocycles. The molecular weight excluding hydrogens is 302 g/mol. The highest BCUT2D eigenvalue weighted by Gasteiger charge is 2.15. The van der Waals surface area contributed by atoms with E-state index in [2.05, 4.69) is 24.4 Å². The monoisotopic (exact) mass is 327 g/mol. The molecule has 1 unspecified atom stereocenters. The van der Waals surface area contributed by atoms with E-state index in [-0.39, 0.29) is 6.10 Å². The molecule has 1 N–H and O–H groups in total. The normalized spacial score (nSPS) is 16.8.